The second kappa shape index (κ2) is 10.8. The lowest BCUT2D eigenvalue weighted by molar-refractivity contribution is -0.150. The number of likely N-dealkylation sites (tertiary alicyclic amines) is 1. The maximum Gasteiger partial charge on any atom is 0.261 e. The Morgan fingerprint density at radius 2 is 1.76 bits per heavy atom. The standard InChI is InChI=1S/C28H32FN3O5/c1-18(2)17-28(12-15-31(27(28)36)13-10-19-6-4-3-5-7-19)23(24(33)30-37)11-14-32-25(34)21-9-8-20(29)16-22(21)26(32)35/h3-9,16,18,23,37H,10-15,17H2,1-2H3,(H,30,33)/t23-,28+/m1/s1. The summed E-state index contributed by atoms with van der Waals surface area (Å²) in [6.45, 7) is 4.77. The lowest BCUT2D eigenvalue weighted by Crippen LogP contribution is -2.48. The average molecular weight is 510 g/mol. The van der Waals surface area contributed by atoms with Gasteiger partial charge in [0.2, 0.25) is 11.8 Å². The molecule has 0 aliphatic carbocycles. The Labute approximate surface area is 215 Å². The topological polar surface area (TPSA) is 107 Å². The molecule has 0 spiro atoms. The van der Waals surface area contributed by atoms with E-state index in [-0.39, 0.29) is 35.9 Å². The molecular weight excluding hydrogens is 477 g/mol. The summed E-state index contributed by atoms with van der Waals surface area (Å²) >= 11 is 0. The van der Waals surface area contributed by atoms with Gasteiger partial charge in [-0.15, -0.1) is 0 Å². The van der Waals surface area contributed by atoms with Crippen molar-refractivity contribution >= 4 is 23.6 Å². The van der Waals surface area contributed by atoms with Crippen LogP contribution in [0.25, 0.3) is 0 Å². The third-order valence-electron chi connectivity index (χ3n) is 7.49. The van der Waals surface area contributed by atoms with Crippen molar-refractivity contribution in [3.05, 3.63) is 71.0 Å². The number of hydrogen-bond acceptors (Lipinski definition) is 5. The molecule has 8 nitrogen and oxygen atoms in total. The summed E-state index contributed by atoms with van der Waals surface area (Å²) in [6.07, 6.45) is 1.50. The van der Waals surface area contributed by atoms with Gasteiger partial charge in [0.1, 0.15) is 5.82 Å². The normalized spacial score (nSPS) is 20.1. The number of nitrogens with one attached hydrogen (secondary N) is 1. The molecule has 2 aromatic carbocycles. The van der Waals surface area contributed by atoms with E-state index in [9.17, 15) is 28.8 Å². The molecule has 2 atom stereocenters. The van der Waals surface area contributed by atoms with Gasteiger partial charge < -0.3 is 4.90 Å². The monoisotopic (exact) mass is 509 g/mol. The average Bonchev–Trinajstić information content (AvgIpc) is 3.31. The Bertz CT molecular complexity index is 1200. The second-order valence-electron chi connectivity index (χ2n) is 10.3. The van der Waals surface area contributed by atoms with Crippen molar-refractivity contribution < 1.29 is 28.8 Å². The van der Waals surface area contributed by atoms with E-state index in [1.54, 1.807) is 10.4 Å². The molecule has 2 aliphatic rings. The fourth-order valence-electron chi connectivity index (χ4n) is 5.82. The van der Waals surface area contributed by atoms with Crippen LogP contribution in [-0.4, -0.2) is 58.3 Å². The summed E-state index contributed by atoms with van der Waals surface area (Å²) in [7, 11) is 0. The Kier molecular flexibility index (Phi) is 7.73. The molecule has 2 N–H and O–H groups in total. The summed E-state index contributed by atoms with van der Waals surface area (Å²) in [4.78, 5) is 55.3. The van der Waals surface area contributed by atoms with E-state index in [2.05, 4.69) is 0 Å². The summed E-state index contributed by atoms with van der Waals surface area (Å²) in [5.41, 5.74) is 1.82. The van der Waals surface area contributed by atoms with Crippen LogP contribution in [0.1, 0.15) is 59.4 Å². The Balaban J connectivity index is 1.55. The third-order valence-corrected chi connectivity index (χ3v) is 7.49. The number of benzene rings is 2. The minimum Gasteiger partial charge on any atom is -0.342 e. The van der Waals surface area contributed by atoms with Crippen molar-refractivity contribution in [2.24, 2.45) is 17.3 Å². The summed E-state index contributed by atoms with van der Waals surface area (Å²) < 4.78 is 13.7. The van der Waals surface area contributed by atoms with Crippen molar-refractivity contribution in [3.8, 4) is 0 Å². The van der Waals surface area contributed by atoms with E-state index >= 15 is 0 Å². The van der Waals surface area contributed by atoms with Crippen molar-refractivity contribution in [2.75, 3.05) is 19.6 Å². The Hall–Kier alpha value is -3.59. The molecule has 2 heterocycles. The van der Waals surface area contributed by atoms with E-state index in [1.165, 1.54) is 6.07 Å². The number of fused-ring (bicyclic) bond motifs is 1. The first-order valence-electron chi connectivity index (χ1n) is 12.6. The van der Waals surface area contributed by atoms with Crippen LogP contribution < -0.4 is 5.48 Å². The van der Waals surface area contributed by atoms with Gasteiger partial charge in [-0.25, -0.2) is 9.87 Å². The highest BCUT2D eigenvalue weighted by Gasteiger charge is 2.54. The highest BCUT2D eigenvalue weighted by Crippen LogP contribution is 2.46. The zero-order valence-electron chi connectivity index (χ0n) is 21.1. The number of rotatable bonds is 10. The molecule has 0 unspecified atom stereocenters. The first-order valence-corrected chi connectivity index (χ1v) is 12.6. The maximum atomic E-state index is 13.9. The van der Waals surface area contributed by atoms with Crippen LogP contribution in [-0.2, 0) is 16.0 Å². The predicted octanol–water partition coefficient (Wildman–Crippen LogP) is 3.44. The number of imide groups is 1. The minimum absolute atomic E-state index is 0.00860. The van der Waals surface area contributed by atoms with Crippen molar-refractivity contribution in [1.82, 2.24) is 15.3 Å². The summed E-state index contributed by atoms with van der Waals surface area (Å²) in [5.74, 6) is -3.59. The molecule has 0 radical (unpaired) electrons. The van der Waals surface area contributed by atoms with Crippen LogP contribution in [0, 0.1) is 23.1 Å². The van der Waals surface area contributed by atoms with Crippen LogP contribution >= 0.6 is 0 Å². The van der Waals surface area contributed by atoms with E-state index in [4.69, 9.17) is 0 Å². The molecule has 0 bridgehead atoms. The predicted molar refractivity (Wildman–Crippen MR) is 133 cm³/mol. The van der Waals surface area contributed by atoms with E-state index in [0.29, 0.717) is 32.4 Å². The summed E-state index contributed by atoms with van der Waals surface area (Å²) in [6, 6.07) is 13.2. The van der Waals surface area contributed by atoms with Crippen LogP contribution in [0.15, 0.2) is 48.5 Å². The van der Waals surface area contributed by atoms with Crippen LogP contribution in [0.2, 0.25) is 0 Å². The Morgan fingerprint density at radius 1 is 1.05 bits per heavy atom. The fourth-order valence-corrected chi connectivity index (χ4v) is 5.82. The number of carbonyl (C=O) groups is 4. The third kappa shape index (κ3) is 5.13. The van der Waals surface area contributed by atoms with Crippen LogP contribution in [0.4, 0.5) is 4.39 Å². The van der Waals surface area contributed by atoms with Gasteiger partial charge in [0, 0.05) is 19.6 Å². The van der Waals surface area contributed by atoms with Gasteiger partial charge in [0.05, 0.1) is 22.5 Å². The lowest BCUT2D eigenvalue weighted by atomic mass is 9.67. The fraction of sp³-hybridized carbons (Fsp3) is 0.429. The molecule has 4 rings (SSSR count). The lowest BCUT2D eigenvalue weighted by Gasteiger charge is -2.36. The molecule has 2 aliphatic heterocycles. The van der Waals surface area contributed by atoms with Crippen molar-refractivity contribution in [1.29, 1.82) is 0 Å². The van der Waals surface area contributed by atoms with Gasteiger partial charge in [-0.05, 0) is 55.4 Å². The first-order chi connectivity index (χ1) is 17.7. The first kappa shape index (κ1) is 26.5. The van der Waals surface area contributed by atoms with Gasteiger partial charge in [-0.3, -0.25) is 29.3 Å². The number of halogens is 1. The molecule has 0 saturated carbocycles. The van der Waals surface area contributed by atoms with Gasteiger partial charge in [0.25, 0.3) is 11.8 Å². The molecule has 4 amide bonds. The SMILES string of the molecule is CC(C)C[C@]1([C@H](CCN2C(=O)c3ccc(F)cc3C2=O)C(=O)NO)CCN(CCc2ccccc2)C1=O. The van der Waals surface area contributed by atoms with Gasteiger partial charge in [0.15, 0.2) is 0 Å². The number of carbonyl (C=O) groups excluding carboxylic acids is 4. The zero-order valence-corrected chi connectivity index (χ0v) is 21.1. The highest BCUT2D eigenvalue weighted by molar-refractivity contribution is 6.21. The van der Waals surface area contributed by atoms with Crippen molar-refractivity contribution in [3.63, 3.8) is 0 Å². The largest absolute Gasteiger partial charge is 0.342 e. The minimum atomic E-state index is -1.08. The molecule has 0 aromatic heterocycles. The molecule has 1 fully saturated rings. The van der Waals surface area contributed by atoms with Crippen LogP contribution in [0.3, 0.4) is 0 Å². The zero-order chi connectivity index (χ0) is 26.7. The van der Waals surface area contributed by atoms with E-state index in [1.807, 2.05) is 44.2 Å². The Morgan fingerprint density at radius 3 is 2.43 bits per heavy atom. The van der Waals surface area contributed by atoms with E-state index < -0.39 is 34.9 Å². The molecule has 2 aromatic rings. The van der Waals surface area contributed by atoms with E-state index in [0.717, 1.165) is 22.6 Å². The molecule has 9 heteroatoms. The summed E-state index contributed by atoms with van der Waals surface area (Å²) in [5, 5.41) is 9.57. The van der Waals surface area contributed by atoms with Gasteiger partial charge >= 0.3 is 0 Å². The molecule has 1 saturated heterocycles. The number of hydroxylamine groups is 1. The highest BCUT2D eigenvalue weighted by atomic mass is 19.1. The quantitative estimate of drug-likeness (QED) is 0.290. The second-order valence-corrected chi connectivity index (χ2v) is 10.3. The van der Waals surface area contributed by atoms with Crippen LogP contribution in [0.5, 0.6) is 0 Å². The smallest absolute Gasteiger partial charge is 0.261 e. The molecule has 37 heavy (non-hydrogen) atoms. The van der Waals surface area contributed by atoms with Gasteiger partial charge in [-0.2, -0.15) is 0 Å². The molecule has 196 valence electrons. The maximum absolute atomic E-state index is 13.9. The van der Waals surface area contributed by atoms with Gasteiger partial charge in [-0.1, -0.05) is 44.2 Å². The van der Waals surface area contributed by atoms with Crippen molar-refractivity contribution in [2.45, 2.75) is 39.5 Å². The number of nitrogens with zero attached hydrogens (tertiary/aromatic N) is 2. The number of hydrogen-bond donors (Lipinski definition) is 2. The number of amides is 4. The molecular formula is C28H32FN3O5.